The maximum absolute atomic E-state index is 9.90. The molecule has 1 unspecified atom stereocenters. The average molecular weight is 435 g/mol. The lowest BCUT2D eigenvalue weighted by Crippen LogP contribution is -2.35. The van der Waals surface area contributed by atoms with Crippen molar-refractivity contribution in [2.75, 3.05) is 5.32 Å². The first kappa shape index (κ1) is 12.4. The van der Waals surface area contributed by atoms with Gasteiger partial charge >= 0.3 is 0 Å². The number of nitrogens with one attached hydrogen (secondary N) is 1. The quantitative estimate of drug-likeness (QED) is 0.615. The maximum atomic E-state index is 9.90. The minimum absolute atomic E-state index is 0.265. The summed E-state index contributed by atoms with van der Waals surface area (Å²) in [5, 5.41) is 13.2. The molecule has 3 rings (SSSR count). The van der Waals surface area contributed by atoms with Gasteiger partial charge in [0.2, 0.25) is 0 Å². The molecule has 0 saturated heterocycles. The molecule has 6 heteroatoms. The van der Waals surface area contributed by atoms with E-state index in [1.165, 1.54) is 0 Å². The van der Waals surface area contributed by atoms with Crippen molar-refractivity contribution in [3.05, 3.63) is 43.5 Å². The number of allylic oxidation sites excluding steroid dienone is 2. The van der Waals surface area contributed by atoms with E-state index in [1.807, 2.05) is 12.1 Å². The van der Waals surface area contributed by atoms with Gasteiger partial charge in [-0.25, -0.2) is 4.99 Å². The Morgan fingerprint density at radius 1 is 1.11 bits per heavy atom. The zero-order chi connectivity index (χ0) is 12.9. The molecule has 1 aromatic carbocycles. The number of benzene rings is 1. The first-order chi connectivity index (χ1) is 8.56. The smallest absolute Gasteiger partial charge is 0.128 e. The normalized spacial score (nSPS) is 21.1. The van der Waals surface area contributed by atoms with Crippen LogP contribution in [0.3, 0.4) is 0 Å². The number of aliphatic hydroxyl groups excluding tert-OH is 1. The van der Waals surface area contributed by atoms with E-state index in [0.717, 1.165) is 30.5 Å². The Kier molecular flexibility index (Phi) is 3.11. The largest absolute Gasteiger partial charge is 0.510 e. The minimum Gasteiger partial charge on any atom is -0.510 e. The summed E-state index contributed by atoms with van der Waals surface area (Å²) in [7, 11) is 0. The highest BCUT2D eigenvalue weighted by Crippen LogP contribution is 2.40. The third-order valence-electron chi connectivity index (χ3n) is 2.79. The number of fused-ring (bicyclic) bond motifs is 2. The number of aliphatic imine (C=N–C) groups is 1. The Morgan fingerprint density at radius 3 is 2.61 bits per heavy atom. The van der Waals surface area contributed by atoms with Crippen LogP contribution < -0.4 is 5.32 Å². The summed E-state index contributed by atoms with van der Waals surface area (Å²) >= 11 is 10.4. The molecule has 1 atom stereocenters. The summed E-state index contributed by atoms with van der Waals surface area (Å²) < 4.78 is 2.77. The molecule has 0 aromatic heterocycles. The van der Waals surface area contributed by atoms with Crippen LogP contribution in [-0.4, -0.2) is 16.9 Å². The van der Waals surface area contributed by atoms with Crippen molar-refractivity contribution < 1.29 is 5.11 Å². The van der Waals surface area contributed by atoms with E-state index in [2.05, 4.69) is 58.1 Å². The number of hydrogen-bond acceptors (Lipinski definition) is 3. The van der Waals surface area contributed by atoms with Crippen LogP contribution in [0.1, 0.15) is 0 Å². The van der Waals surface area contributed by atoms with Gasteiger partial charge in [-0.3, -0.25) is 0 Å². The van der Waals surface area contributed by atoms with Gasteiger partial charge in [0.15, 0.2) is 0 Å². The molecule has 0 radical (unpaired) electrons. The van der Waals surface area contributed by atoms with Crippen LogP contribution in [0.2, 0.25) is 0 Å². The van der Waals surface area contributed by atoms with E-state index in [9.17, 15) is 5.11 Å². The van der Waals surface area contributed by atoms with Gasteiger partial charge in [-0.2, -0.15) is 0 Å². The Morgan fingerprint density at radius 2 is 1.83 bits per heavy atom. The third-order valence-corrected chi connectivity index (χ3v) is 5.31. The third kappa shape index (κ3) is 1.96. The van der Waals surface area contributed by atoms with Gasteiger partial charge in [0.05, 0.1) is 17.1 Å². The van der Waals surface area contributed by atoms with Gasteiger partial charge in [0.25, 0.3) is 0 Å². The van der Waals surface area contributed by atoms with E-state index in [4.69, 9.17) is 0 Å². The van der Waals surface area contributed by atoms with Crippen molar-refractivity contribution in [3.63, 3.8) is 0 Å². The Bertz CT molecular complexity index is 634. The molecule has 0 bridgehead atoms. The molecule has 0 fully saturated rings. The van der Waals surface area contributed by atoms with Crippen molar-refractivity contribution in [1.29, 1.82) is 0 Å². The second-order valence-electron chi connectivity index (χ2n) is 3.96. The van der Waals surface area contributed by atoms with Gasteiger partial charge in [0, 0.05) is 13.4 Å². The van der Waals surface area contributed by atoms with Crippen LogP contribution in [-0.2, 0) is 0 Å². The number of halogens is 3. The zero-order valence-electron chi connectivity index (χ0n) is 8.92. The van der Waals surface area contributed by atoms with E-state index >= 15 is 0 Å². The van der Waals surface area contributed by atoms with E-state index < -0.39 is 0 Å². The van der Waals surface area contributed by atoms with Crippen molar-refractivity contribution >= 4 is 64.9 Å². The first-order valence-corrected chi connectivity index (χ1v) is 7.55. The highest BCUT2D eigenvalue weighted by molar-refractivity contribution is 9.13. The second kappa shape index (κ2) is 4.51. The van der Waals surface area contributed by atoms with Crippen LogP contribution >= 0.6 is 47.8 Å². The molecule has 2 aliphatic rings. The second-order valence-corrected chi connectivity index (χ2v) is 6.53. The SMILES string of the molecule is OC1=CC=C(Br)C2=Nc3cc(Br)c(Br)cc3NC12. The number of aliphatic hydroxyl groups is 1. The Labute approximate surface area is 129 Å². The summed E-state index contributed by atoms with van der Waals surface area (Å²) in [4.78, 5) is 4.59. The zero-order valence-corrected chi connectivity index (χ0v) is 13.7. The number of hydrogen-bond donors (Lipinski definition) is 2. The topological polar surface area (TPSA) is 44.6 Å². The fraction of sp³-hybridized carbons (Fsp3) is 0.0833. The van der Waals surface area contributed by atoms with Crippen molar-refractivity contribution in [2.45, 2.75) is 6.04 Å². The van der Waals surface area contributed by atoms with Crippen LogP contribution in [0.15, 0.2) is 48.5 Å². The van der Waals surface area contributed by atoms with Crippen LogP contribution in [0.5, 0.6) is 0 Å². The molecule has 2 N–H and O–H groups in total. The Hall–Kier alpha value is -0.590. The Balaban J connectivity index is 2.17. The maximum Gasteiger partial charge on any atom is 0.128 e. The summed E-state index contributed by atoms with van der Waals surface area (Å²) in [5.41, 5.74) is 2.52. The predicted molar refractivity (Wildman–Crippen MR) is 84.1 cm³/mol. The van der Waals surface area contributed by atoms with Crippen LogP contribution in [0, 0.1) is 0 Å². The number of nitrogens with zero attached hydrogens (tertiary/aromatic N) is 1. The summed E-state index contributed by atoms with van der Waals surface area (Å²) in [6.45, 7) is 0. The molecular formula is C12H7Br3N2O. The highest BCUT2D eigenvalue weighted by atomic mass is 79.9. The lowest BCUT2D eigenvalue weighted by molar-refractivity contribution is 0.394. The molecule has 3 nitrogen and oxygen atoms in total. The van der Waals surface area contributed by atoms with Gasteiger partial charge in [-0.1, -0.05) is 0 Å². The molecule has 1 aliphatic heterocycles. The average Bonchev–Trinajstić information content (AvgIpc) is 2.34. The van der Waals surface area contributed by atoms with Crippen LogP contribution in [0.25, 0.3) is 0 Å². The molecule has 0 saturated carbocycles. The monoisotopic (exact) mass is 432 g/mol. The van der Waals surface area contributed by atoms with Gasteiger partial charge in [0.1, 0.15) is 11.8 Å². The van der Waals surface area contributed by atoms with E-state index in [1.54, 1.807) is 12.2 Å². The molecule has 1 aromatic rings. The standard InChI is InChI=1S/C12H7Br3N2O/c13-5-1-2-10(18)12-11(5)16-8-3-6(14)7(15)4-9(8)17-12/h1-4,12,17-18H. The number of anilines is 1. The first-order valence-electron chi connectivity index (χ1n) is 5.17. The predicted octanol–water partition coefficient (Wildman–Crippen LogP) is 4.81. The van der Waals surface area contributed by atoms with Gasteiger partial charge < -0.3 is 10.4 Å². The molecule has 18 heavy (non-hydrogen) atoms. The van der Waals surface area contributed by atoms with Gasteiger partial charge in [-0.05, 0) is 72.1 Å². The summed E-state index contributed by atoms with van der Waals surface area (Å²) in [6, 6.07) is 3.59. The van der Waals surface area contributed by atoms with Gasteiger partial charge in [-0.15, -0.1) is 0 Å². The molecule has 1 heterocycles. The molecule has 0 spiro atoms. The lowest BCUT2D eigenvalue weighted by Gasteiger charge is -2.28. The molecule has 1 aliphatic carbocycles. The lowest BCUT2D eigenvalue weighted by atomic mass is 10.0. The minimum atomic E-state index is -0.287. The van der Waals surface area contributed by atoms with E-state index in [-0.39, 0.29) is 11.8 Å². The number of rotatable bonds is 0. The van der Waals surface area contributed by atoms with Crippen molar-refractivity contribution in [1.82, 2.24) is 0 Å². The van der Waals surface area contributed by atoms with Crippen molar-refractivity contribution in [2.24, 2.45) is 4.99 Å². The molecule has 92 valence electrons. The fourth-order valence-corrected chi connectivity index (χ4v) is 3.03. The highest BCUT2D eigenvalue weighted by Gasteiger charge is 2.29. The van der Waals surface area contributed by atoms with Crippen LogP contribution in [0.4, 0.5) is 11.4 Å². The summed E-state index contributed by atoms with van der Waals surface area (Å²) in [6.07, 6.45) is 3.46. The summed E-state index contributed by atoms with van der Waals surface area (Å²) in [5.74, 6) is 0.265. The van der Waals surface area contributed by atoms with E-state index in [0.29, 0.717) is 0 Å². The molecular weight excluding hydrogens is 428 g/mol. The fourth-order valence-electron chi connectivity index (χ4n) is 1.91. The molecule has 0 amide bonds. The van der Waals surface area contributed by atoms with Crippen molar-refractivity contribution in [3.8, 4) is 0 Å².